The molecule has 0 aromatic heterocycles. The first-order chi connectivity index (χ1) is 10.1. The Morgan fingerprint density at radius 2 is 1.81 bits per heavy atom. The minimum Gasteiger partial charge on any atom is -0.397 e. The highest BCUT2D eigenvalue weighted by atomic mass is 16.1. The Balaban J connectivity index is 2.03. The van der Waals surface area contributed by atoms with Gasteiger partial charge in [-0.15, -0.1) is 0 Å². The lowest BCUT2D eigenvalue weighted by molar-refractivity contribution is 0.102. The predicted molar refractivity (Wildman–Crippen MR) is 86.9 cm³/mol. The van der Waals surface area contributed by atoms with Gasteiger partial charge in [-0.1, -0.05) is 30.8 Å². The van der Waals surface area contributed by atoms with Crippen LogP contribution in [0.2, 0.25) is 0 Å². The van der Waals surface area contributed by atoms with Crippen molar-refractivity contribution in [3.63, 3.8) is 0 Å². The van der Waals surface area contributed by atoms with Crippen molar-refractivity contribution in [1.29, 1.82) is 0 Å². The number of para-hydroxylation sites is 2. The standard InChI is InChI=1S/C17H19N3O/c1-12(2)19-11-13-7-9-14(10-8-13)17(21)20-16-6-4-3-5-15(16)18/h3-10,19H,1,11,18H2,2H3,(H,20,21). The largest absolute Gasteiger partial charge is 0.397 e. The average molecular weight is 281 g/mol. The zero-order valence-electron chi connectivity index (χ0n) is 12.0. The molecule has 108 valence electrons. The van der Waals surface area contributed by atoms with Gasteiger partial charge in [0.2, 0.25) is 0 Å². The minimum absolute atomic E-state index is 0.174. The highest BCUT2D eigenvalue weighted by Gasteiger charge is 2.07. The van der Waals surface area contributed by atoms with Gasteiger partial charge in [0.25, 0.3) is 5.91 Å². The Morgan fingerprint density at radius 3 is 2.43 bits per heavy atom. The fraction of sp³-hybridized carbons (Fsp3) is 0.118. The number of hydrogen-bond donors (Lipinski definition) is 3. The van der Waals surface area contributed by atoms with Crippen molar-refractivity contribution >= 4 is 17.3 Å². The van der Waals surface area contributed by atoms with Gasteiger partial charge in [-0.3, -0.25) is 4.79 Å². The molecule has 21 heavy (non-hydrogen) atoms. The van der Waals surface area contributed by atoms with E-state index in [4.69, 9.17) is 5.73 Å². The molecule has 4 nitrogen and oxygen atoms in total. The van der Waals surface area contributed by atoms with Gasteiger partial charge in [0.15, 0.2) is 0 Å². The van der Waals surface area contributed by atoms with Crippen LogP contribution < -0.4 is 16.4 Å². The summed E-state index contributed by atoms with van der Waals surface area (Å²) in [6.45, 7) is 6.39. The summed E-state index contributed by atoms with van der Waals surface area (Å²) in [5.41, 5.74) is 9.58. The van der Waals surface area contributed by atoms with E-state index >= 15 is 0 Å². The number of nitrogens with one attached hydrogen (secondary N) is 2. The number of nitrogens with two attached hydrogens (primary N) is 1. The van der Waals surface area contributed by atoms with E-state index in [-0.39, 0.29) is 5.91 Å². The highest BCUT2D eigenvalue weighted by Crippen LogP contribution is 2.18. The average Bonchev–Trinajstić information content (AvgIpc) is 2.48. The summed E-state index contributed by atoms with van der Waals surface area (Å²) in [6.07, 6.45) is 0. The molecule has 4 N–H and O–H groups in total. The minimum atomic E-state index is -0.174. The molecule has 0 spiro atoms. The zero-order valence-corrected chi connectivity index (χ0v) is 12.0. The van der Waals surface area contributed by atoms with Crippen LogP contribution >= 0.6 is 0 Å². The lowest BCUT2D eigenvalue weighted by Crippen LogP contribution is -2.13. The number of nitrogen functional groups attached to an aromatic ring is 1. The van der Waals surface area contributed by atoms with Gasteiger partial charge in [0.05, 0.1) is 11.4 Å². The molecule has 4 heteroatoms. The Kier molecular flexibility index (Phi) is 4.61. The molecule has 2 rings (SSSR count). The number of carbonyl (C=O) groups excluding carboxylic acids is 1. The molecule has 0 unspecified atom stereocenters. The maximum atomic E-state index is 12.1. The van der Waals surface area contributed by atoms with Gasteiger partial charge in [-0.25, -0.2) is 0 Å². The second-order valence-corrected chi connectivity index (χ2v) is 4.87. The first-order valence-corrected chi connectivity index (χ1v) is 6.70. The van der Waals surface area contributed by atoms with E-state index in [1.54, 1.807) is 24.3 Å². The molecule has 2 aromatic carbocycles. The van der Waals surface area contributed by atoms with Crippen molar-refractivity contribution in [1.82, 2.24) is 5.32 Å². The third-order valence-electron chi connectivity index (χ3n) is 3.02. The Hall–Kier alpha value is -2.75. The molecular weight excluding hydrogens is 262 g/mol. The molecule has 0 aliphatic rings. The van der Waals surface area contributed by atoms with Crippen LogP contribution in [-0.4, -0.2) is 5.91 Å². The molecule has 0 fully saturated rings. The normalized spacial score (nSPS) is 9.95. The van der Waals surface area contributed by atoms with Gasteiger partial charge >= 0.3 is 0 Å². The smallest absolute Gasteiger partial charge is 0.255 e. The van der Waals surface area contributed by atoms with Crippen LogP contribution in [-0.2, 0) is 6.54 Å². The number of allylic oxidation sites excluding steroid dienone is 1. The van der Waals surface area contributed by atoms with Crippen molar-refractivity contribution < 1.29 is 4.79 Å². The van der Waals surface area contributed by atoms with Crippen molar-refractivity contribution in [3.8, 4) is 0 Å². The van der Waals surface area contributed by atoms with E-state index in [0.717, 1.165) is 11.3 Å². The maximum absolute atomic E-state index is 12.1. The zero-order chi connectivity index (χ0) is 15.2. The van der Waals surface area contributed by atoms with Crippen LogP contribution in [0.3, 0.4) is 0 Å². The summed E-state index contributed by atoms with van der Waals surface area (Å²) in [5.74, 6) is -0.174. The molecule has 0 aliphatic carbocycles. The molecular formula is C17H19N3O. The fourth-order valence-corrected chi connectivity index (χ4v) is 1.83. The van der Waals surface area contributed by atoms with Crippen LogP contribution in [0, 0.1) is 0 Å². The number of carbonyl (C=O) groups is 1. The van der Waals surface area contributed by atoms with Crippen LogP contribution in [0.25, 0.3) is 0 Å². The fourth-order valence-electron chi connectivity index (χ4n) is 1.83. The summed E-state index contributed by atoms with van der Waals surface area (Å²) in [7, 11) is 0. The SMILES string of the molecule is C=C(C)NCc1ccc(C(=O)Nc2ccccc2N)cc1. The topological polar surface area (TPSA) is 67.2 Å². The van der Waals surface area contributed by atoms with Gasteiger partial charge < -0.3 is 16.4 Å². The van der Waals surface area contributed by atoms with E-state index in [1.807, 2.05) is 31.2 Å². The number of amides is 1. The molecule has 0 bridgehead atoms. The van der Waals surface area contributed by atoms with Crippen molar-refractivity contribution in [2.24, 2.45) is 0 Å². The summed E-state index contributed by atoms with van der Waals surface area (Å²) in [4.78, 5) is 12.1. The van der Waals surface area contributed by atoms with Crippen LogP contribution in [0.15, 0.2) is 60.8 Å². The van der Waals surface area contributed by atoms with Crippen LogP contribution in [0.5, 0.6) is 0 Å². The van der Waals surface area contributed by atoms with Crippen LogP contribution in [0.1, 0.15) is 22.8 Å². The number of anilines is 2. The van der Waals surface area contributed by atoms with Crippen molar-refractivity contribution in [2.45, 2.75) is 13.5 Å². The predicted octanol–water partition coefficient (Wildman–Crippen LogP) is 3.14. The molecule has 0 radical (unpaired) electrons. The third-order valence-corrected chi connectivity index (χ3v) is 3.02. The molecule has 0 saturated carbocycles. The van der Waals surface area contributed by atoms with Gasteiger partial charge in [-0.2, -0.15) is 0 Å². The van der Waals surface area contributed by atoms with Gasteiger partial charge in [0.1, 0.15) is 0 Å². The van der Waals surface area contributed by atoms with Crippen molar-refractivity contribution in [3.05, 3.63) is 71.9 Å². The quantitative estimate of drug-likeness (QED) is 0.738. The van der Waals surface area contributed by atoms with E-state index < -0.39 is 0 Å². The second kappa shape index (κ2) is 6.61. The second-order valence-electron chi connectivity index (χ2n) is 4.87. The summed E-state index contributed by atoms with van der Waals surface area (Å²) in [6, 6.07) is 14.6. The number of hydrogen-bond acceptors (Lipinski definition) is 3. The van der Waals surface area contributed by atoms with Crippen LogP contribution in [0.4, 0.5) is 11.4 Å². The van der Waals surface area contributed by atoms with Crippen molar-refractivity contribution in [2.75, 3.05) is 11.1 Å². The Labute approximate surface area is 124 Å². The summed E-state index contributed by atoms with van der Waals surface area (Å²) < 4.78 is 0. The maximum Gasteiger partial charge on any atom is 0.255 e. The van der Waals surface area contributed by atoms with E-state index in [2.05, 4.69) is 17.2 Å². The summed E-state index contributed by atoms with van der Waals surface area (Å²) in [5, 5.41) is 5.95. The Bertz CT molecular complexity index is 647. The highest BCUT2D eigenvalue weighted by molar-refractivity contribution is 6.05. The van der Waals surface area contributed by atoms with Gasteiger partial charge in [-0.05, 0) is 36.8 Å². The first-order valence-electron chi connectivity index (χ1n) is 6.70. The molecule has 1 amide bonds. The number of benzene rings is 2. The number of rotatable bonds is 5. The molecule has 0 heterocycles. The Morgan fingerprint density at radius 1 is 1.14 bits per heavy atom. The molecule has 0 saturated heterocycles. The first kappa shape index (κ1) is 14.7. The van der Waals surface area contributed by atoms with Gasteiger partial charge in [0, 0.05) is 17.8 Å². The third kappa shape index (κ3) is 4.11. The molecule has 0 atom stereocenters. The van der Waals surface area contributed by atoms with E-state index in [9.17, 15) is 4.79 Å². The molecule has 2 aromatic rings. The lowest BCUT2D eigenvalue weighted by Gasteiger charge is -2.09. The van der Waals surface area contributed by atoms with E-state index in [1.165, 1.54) is 0 Å². The van der Waals surface area contributed by atoms with E-state index in [0.29, 0.717) is 23.5 Å². The lowest BCUT2D eigenvalue weighted by atomic mass is 10.1. The monoisotopic (exact) mass is 281 g/mol. The molecule has 0 aliphatic heterocycles. The summed E-state index contributed by atoms with van der Waals surface area (Å²) >= 11 is 0.